The van der Waals surface area contributed by atoms with E-state index in [2.05, 4.69) is 10.6 Å². The molecular formula is C23H21N3O4. The zero-order valence-electron chi connectivity index (χ0n) is 16.3. The average molecular weight is 403 g/mol. The predicted octanol–water partition coefficient (Wildman–Crippen LogP) is 3.59. The van der Waals surface area contributed by atoms with Crippen molar-refractivity contribution in [3.63, 3.8) is 0 Å². The lowest BCUT2D eigenvalue weighted by molar-refractivity contribution is -0.117. The van der Waals surface area contributed by atoms with Crippen LogP contribution in [-0.2, 0) is 11.3 Å². The van der Waals surface area contributed by atoms with Crippen LogP contribution in [0.1, 0.15) is 39.3 Å². The fraction of sp³-hybridized carbons (Fsp3) is 0.174. The summed E-state index contributed by atoms with van der Waals surface area (Å²) in [6.45, 7) is 0.954. The molecular weight excluding hydrogens is 382 g/mol. The van der Waals surface area contributed by atoms with Gasteiger partial charge in [-0.2, -0.15) is 0 Å². The third kappa shape index (κ3) is 4.25. The van der Waals surface area contributed by atoms with Gasteiger partial charge in [0.25, 0.3) is 11.8 Å². The number of carbonyl (C=O) groups is 3. The molecule has 2 heterocycles. The van der Waals surface area contributed by atoms with E-state index in [0.29, 0.717) is 35.5 Å². The maximum absolute atomic E-state index is 12.7. The summed E-state index contributed by atoms with van der Waals surface area (Å²) in [6.07, 6.45) is 2.95. The molecule has 0 bridgehead atoms. The number of amides is 3. The van der Waals surface area contributed by atoms with Gasteiger partial charge in [-0.1, -0.05) is 12.1 Å². The van der Waals surface area contributed by atoms with Crippen LogP contribution in [-0.4, -0.2) is 24.3 Å². The van der Waals surface area contributed by atoms with Gasteiger partial charge in [0.2, 0.25) is 5.91 Å². The van der Waals surface area contributed by atoms with E-state index < -0.39 is 0 Å². The van der Waals surface area contributed by atoms with E-state index in [1.807, 2.05) is 0 Å². The van der Waals surface area contributed by atoms with E-state index in [1.54, 1.807) is 71.8 Å². The van der Waals surface area contributed by atoms with Crippen molar-refractivity contribution < 1.29 is 18.8 Å². The minimum atomic E-state index is -0.333. The van der Waals surface area contributed by atoms with Crippen molar-refractivity contribution in [2.75, 3.05) is 16.8 Å². The number of benzene rings is 2. The van der Waals surface area contributed by atoms with Gasteiger partial charge in [-0.3, -0.25) is 14.4 Å². The van der Waals surface area contributed by atoms with Crippen molar-refractivity contribution in [1.29, 1.82) is 0 Å². The van der Waals surface area contributed by atoms with Crippen molar-refractivity contribution in [3.05, 3.63) is 83.8 Å². The molecule has 3 aromatic rings. The second kappa shape index (κ2) is 8.65. The topological polar surface area (TPSA) is 91.7 Å². The molecule has 7 heteroatoms. The fourth-order valence-electron chi connectivity index (χ4n) is 3.37. The maximum atomic E-state index is 12.7. The Morgan fingerprint density at radius 2 is 1.77 bits per heavy atom. The summed E-state index contributed by atoms with van der Waals surface area (Å²) in [4.78, 5) is 38.8. The van der Waals surface area contributed by atoms with Gasteiger partial charge in [0.15, 0.2) is 0 Å². The third-order valence-electron chi connectivity index (χ3n) is 4.94. The Kier molecular flexibility index (Phi) is 5.61. The molecule has 0 radical (unpaired) electrons. The number of hydrogen-bond acceptors (Lipinski definition) is 4. The molecule has 152 valence electrons. The van der Waals surface area contributed by atoms with Crippen molar-refractivity contribution in [3.8, 4) is 0 Å². The molecule has 2 aromatic carbocycles. The highest BCUT2D eigenvalue weighted by atomic mass is 16.3. The first kappa shape index (κ1) is 19.4. The second-order valence-electron chi connectivity index (χ2n) is 6.96. The summed E-state index contributed by atoms with van der Waals surface area (Å²) >= 11 is 0. The maximum Gasteiger partial charge on any atom is 0.255 e. The largest absolute Gasteiger partial charge is 0.467 e. The molecule has 1 aliphatic heterocycles. The monoisotopic (exact) mass is 403 g/mol. The molecule has 0 aliphatic carbocycles. The Bertz CT molecular complexity index is 1060. The molecule has 4 rings (SSSR count). The highest BCUT2D eigenvalue weighted by Crippen LogP contribution is 2.22. The van der Waals surface area contributed by atoms with Crippen molar-refractivity contribution in [2.45, 2.75) is 19.4 Å². The molecule has 1 saturated heterocycles. The zero-order chi connectivity index (χ0) is 20.9. The number of para-hydroxylation sites is 1. The van der Waals surface area contributed by atoms with Gasteiger partial charge < -0.3 is 20.0 Å². The number of rotatable bonds is 6. The Labute approximate surface area is 173 Å². The van der Waals surface area contributed by atoms with Gasteiger partial charge in [-0.15, -0.1) is 0 Å². The average Bonchev–Trinajstić information content (AvgIpc) is 3.44. The Morgan fingerprint density at radius 3 is 2.47 bits per heavy atom. The lowest BCUT2D eigenvalue weighted by atomic mass is 10.1. The summed E-state index contributed by atoms with van der Waals surface area (Å²) < 4.78 is 5.22. The quantitative estimate of drug-likeness (QED) is 0.658. The molecule has 0 atom stereocenters. The second-order valence-corrected chi connectivity index (χ2v) is 6.96. The van der Waals surface area contributed by atoms with Gasteiger partial charge >= 0.3 is 0 Å². The number of hydrogen-bond donors (Lipinski definition) is 2. The first-order valence-corrected chi connectivity index (χ1v) is 9.73. The van der Waals surface area contributed by atoms with Gasteiger partial charge in [-0.05, 0) is 55.0 Å². The predicted molar refractivity (Wildman–Crippen MR) is 112 cm³/mol. The smallest absolute Gasteiger partial charge is 0.255 e. The summed E-state index contributed by atoms with van der Waals surface area (Å²) in [5, 5.41) is 5.57. The highest BCUT2D eigenvalue weighted by Gasteiger charge is 2.22. The molecule has 1 aliphatic rings. The van der Waals surface area contributed by atoms with E-state index in [0.717, 1.165) is 12.1 Å². The summed E-state index contributed by atoms with van der Waals surface area (Å²) in [5.74, 6) is 0.0916. The van der Waals surface area contributed by atoms with Crippen LogP contribution >= 0.6 is 0 Å². The molecule has 1 fully saturated rings. The number of carbonyl (C=O) groups excluding carboxylic acids is 3. The number of nitrogens with one attached hydrogen (secondary N) is 2. The van der Waals surface area contributed by atoms with Crippen LogP contribution in [0.4, 0.5) is 11.4 Å². The van der Waals surface area contributed by atoms with Crippen LogP contribution < -0.4 is 15.5 Å². The van der Waals surface area contributed by atoms with Gasteiger partial charge in [0.1, 0.15) is 5.76 Å². The highest BCUT2D eigenvalue weighted by molar-refractivity contribution is 6.09. The van der Waals surface area contributed by atoms with Crippen molar-refractivity contribution in [1.82, 2.24) is 5.32 Å². The van der Waals surface area contributed by atoms with Crippen LogP contribution in [0, 0.1) is 0 Å². The molecule has 0 unspecified atom stereocenters. The number of furan rings is 1. The molecule has 0 spiro atoms. The normalized spacial score (nSPS) is 13.3. The lowest BCUT2D eigenvalue weighted by Gasteiger charge is -2.16. The third-order valence-corrected chi connectivity index (χ3v) is 4.94. The van der Waals surface area contributed by atoms with Crippen molar-refractivity contribution in [2.24, 2.45) is 0 Å². The molecule has 0 saturated carbocycles. The lowest BCUT2D eigenvalue weighted by Crippen LogP contribution is -2.25. The summed E-state index contributed by atoms with van der Waals surface area (Å²) in [6, 6.07) is 17.2. The fourth-order valence-corrected chi connectivity index (χ4v) is 3.37. The van der Waals surface area contributed by atoms with E-state index in [4.69, 9.17) is 4.42 Å². The molecule has 30 heavy (non-hydrogen) atoms. The molecule has 3 amide bonds. The van der Waals surface area contributed by atoms with Crippen LogP contribution in [0.25, 0.3) is 0 Å². The van der Waals surface area contributed by atoms with Gasteiger partial charge in [0, 0.05) is 24.2 Å². The Balaban J connectivity index is 1.44. The standard InChI is InChI=1S/C23H21N3O4/c27-21-8-3-13-26(21)17-11-9-16(10-12-17)22(28)25-20-7-2-1-6-19(20)23(29)24-15-18-5-4-14-30-18/h1-2,4-7,9-12,14H,3,8,13,15H2,(H,24,29)(H,25,28). The van der Waals surface area contributed by atoms with Crippen molar-refractivity contribution >= 4 is 29.1 Å². The Hall–Kier alpha value is -3.87. The van der Waals surface area contributed by atoms with Crippen LogP contribution in [0.2, 0.25) is 0 Å². The van der Waals surface area contributed by atoms with E-state index in [-0.39, 0.29) is 24.3 Å². The van der Waals surface area contributed by atoms with E-state index in [1.165, 1.54) is 0 Å². The van der Waals surface area contributed by atoms with Gasteiger partial charge in [-0.25, -0.2) is 0 Å². The minimum absolute atomic E-state index is 0.0988. The van der Waals surface area contributed by atoms with E-state index in [9.17, 15) is 14.4 Å². The van der Waals surface area contributed by atoms with Crippen LogP contribution in [0.5, 0.6) is 0 Å². The first-order valence-electron chi connectivity index (χ1n) is 9.73. The first-order chi connectivity index (χ1) is 14.6. The van der Waals surface area contributed by atoms with Crippen LogP contribution in [0.3, 0.4) is 0 Å². The van der Waals surface area contributed by atoms with Gasteiger partial charge in [0.05, 0.1) is 24.1 Å². The minimum Gasteiger partial charge on any atom is -0.467 e. The molecule has 1 aromatic heterocycles. The zero-order valence-corrected chi connectivity index (χ0v) is 16.3. The van der Waals surface area contributed by atoms with Crippen LogP contribution in [0.15, 0.2) is 71.3 Å². The summed E-state index contributed by atoms with van der Waals surface area (Å²) in [5.41, 5.74) is 2.00. The molecule has 2 N–H and O–H groups in total. The molecule has 7 nitrogen and oxygen atoms in total. The number of nitrogens with zero attached hydrogens (tertiary/aromatic N) is 1. The number of anilines is 2. The summed E-state index contributed by atoms with van der Waals surface area (Å²) in [7, 11) is 0. The Morgan fingerprint density at radius 1 is 0.967 bits per heavy atom. The van der Waals surface area contributed by atoms with E-state index >= 15 is 0 Å². The SMILES string of the molecule is O=C(Nc1ccccc1C(=O)NCc1ccco1)c1ccc(N2CCCC2=O)cc1.